The second kappa shape index (κ2) is 2.64. The molecule has 1 aliphatic heterocycles. The molecule has 0 aromatic heterocycles. The van der Waals surface area contributed by atoms with Crippen LogP contribution >= 0.6 is 0 Å². The molecule has 0 aromatic carbocycles. The summed E-state index contributed by atoms with van der Waals surface area (Å²) in [6.45, 7) is 4.66. The highest BCUT2D eigenvalue weighted by molar-refractivity contribution is 4.85. The molecule has 0 aromatic rings. The summed E-state index contributed by atoms with van der Waals surface area (Å²) in [5, 5.41) is 9.13. The van der Waals surface area contributed by atoms with Gasteiger partial charge in [0.15, 0.2) is 0 Å². The van der Waals surface area contributed by atoms with Crippen molar-refractivity contribution in [3.8, 4) is 0 Å². The Balaban J connectivity index is 2.35. The van der Waals surface area contributed by atoms with Gasteiger partial charge in [0.1, 0.15) is 0 Å². The normalized spacial score (nSPS) is 37.7. The summed E-state index contributed by atoms with van der Waals surface area (Å²) in [7, 11) is 0. The minimum atomic E-state index is -0.301. The smallest absolute Gasteiger partial charge is 0.0830 e. The summed E-state index contributed by atoms with van der Waals surface area (Å²) in [6, 6.07) is -0.0232. The maximum atomic E-state index is 9.13. The van der Waals surface area contributed by atoms with E-state index in [9.17, 15) is 0 Å². The average Bonchev–Trinajstić information content (AvgIpc) is 2.13. The highest BCUT2D eigenvalue weighted by atomic mass is 16.3. The molecule has 0 bridgehead atoms. The number of β-amino-alcohol motifs (C(OH)–C–C–N with tert-alkyl or cyclic N) is 1. The number of aliphatic hydroxyl groups is 1. The predicted octanol–water partition coefficient (Wildman–Crippen LogP) is -0.990. The molecule has 1 fully saturated rings. The van der Waals surface area contributed by atoms with E-state index in [2.05, 4.69) is 11.8 Å². The molecule has 0 amide bonds. The fourth-order valence-electron chi connectivity index (χ4n) is 1.15. The van der Waals surface area contributed by atoms with E-state index >= 15 is 0 Å². The minimum Gasteiger partial charge on any atom is -0.390 e. The first-order chi connectivity index (χ1) is 4.24. The Labute approximate surface area is 55.5 Å². The lowest BCUT2D eigenvalue weighted by Gasteiger charge is -2.09. The second-order valence-corrected chi connectivity index (χ2v) is 2.58. The average molecular weight is 130 g/mol. The maximum absolute atomic E-state index is 9.13. The van der Waals surface area contributed by atoms with Gasteiger partial charge in [-0.3, -0.25) is 4.90 Å². The largest absolute Gasteiger partial charge is 0.390 e. The monoisotopic (exact) mass is 130 g/mol. The number of likely N-dealkylation sites (N-methyl/N-ethyl adjacent to an activating group) is 1. The number of likely N-dealkylation sites (tertiary alicyclic amines) is 1. The molecule has 9 heavy (non-hydrogen) atoms. The van der Waals surface area contributed by atoms with Crippen LogP contribution in [0.4, 0.5) is 0 Å². The summed E-state index contributed by atoms with van der Waals surface area (Å²) in [6.07, 6.45) is -0.301. The molecule has 1 saturated heterocycles. The Morgan fingerprint density at radius 3 is 2.56 bits per heavy atom. The highest BCUT2D eigenvalue weighted by Gasteiger charge is 2.26. The topological polar surface area (TPSA) is 49.5 Å². The molecule has 3 N–H and O–H groups in total. The number of nitrogens with zero attached hydrogens (tertiary/aromatic N) is 1. The number of hydrogen-bond donors (Lipinski definition) is 2. The van der Waals surface area contributed by atoms with Crippen molar-refractivity contribution in [2.24, 2.45) is 5.73 Å². The van der Waals surface area contributed by atoms with Crippen LogP contribution in [0, 0.1) is 0 Å². The van der Waals surface area contributed by atoms with Crippen molar-refractivity contribution in [2.75, 3.05) is 19.6 Å². The van der Waals surface area contributed by atoms with E-state index in [4.69, 9.17) is 10.8 Å². The maximum Gasteiger partial charge on any atom is 0.0830 e. The van der Waals surface area contributed by atoms with Crippen LogP contribution in [-0.2, 0) is 0 Å². The van der Waals surface area contributed by atoms with Crippen molar-refractivity contribution >= 4 is 0 Å². The third-order valence-electron chi connectivity index (χ3n) is 1.86. The molecule has 0 spiro atoms. The van der Waals surface area contributed by atoms with Crippen LogP contribution in [0.2, 0.25) is 0 Å². The summed E-state index contributed by atoms with van der Waals surface area (Å²) in [5.41, 5.74) is 5.55. The molecular formula is C6H14N2O. The SMILES string of the molecule is CCN1C[C@@H](O)[C@@H](N)C1. The number of aliphatic hydroxyl groups excluding tert-OH is 1. The standard InChI is InChI=1S/C6H14N2O/c1-2-8-3-5(7)6(9)4-8/h5-6,9H,2-4,7H2,1H3/t5-,6+/m0/s1. The van der Waals surface area contributed by atoms with E-state index in [1.807, 2.05) is 0 Å². The third kappa shape index (κ3) is 1.41. The lowest BCUT2D eigenvalue weighted by molar-refractivity contribution is 0.166. The van der Waals surface area contributed by atoms with Gasteiger partial charge in [-0.25, -0.2) is 0 Å². The van der Waals surface area contributed by atoms with Crippen LogP contribution < -0.4 is 5.73 Å². The van der Waals surface area contributed by atoms with Gasteiger partial charge in [-0.15, -0.1) is 0 Å². The van der Waals surface area contributed by atoms with Gasteiger partial charge in [0.2, 0.25) is 0 Å². The number of rotatable bonds is 1. The Kier molecular flexibility index (Phi) is 2.05. The lowest BCUT2D eigenvalue weighted by atomic mass is 10.2. The van der Waals surface area contributed by atoms with Crippen LogP contribution in [0.5, 0.6) is 0 Å². The zero-order valence-corrected chi connectivity index (χ0v) is 5.75. The summed E-state index contributed by atoms with van der Waals surface area (Å²) in [4.78, 5) is 2.15. The van der Waals surface area contributed by atoms with Gasteiger partial charge >= 0.3 is 0 Å². The van der Waals surface area contributed by atoms with Crippen LogP contribution in [-0.4, -0.2) is 41.8 Å². The first-order valence-electron chi connectivity index (χ1n) is 3.40. The van der Waals surface area contributed by atoms with Gasteiger partial charge in [0.05, 0.1) is 6.10 Å². The number of nitrogens with two attached hydrogens (primary N) is 1. The van der Waals surface area contributed by atoms with Crippen molar-refractivity contribution < 1.29 is 5.11 Å². The van der Waals surface area contributed by atoms with Crippen molar-refractivity contribution in [1.29, 1.82) is 0 Å². The zero-order valence-electron chi connectivity index (χ0n) is 5.75. The Morgan fingerprint density at radius 1 is 1.67 bits per heavy atom. The van der Waals surface area contributed by atoms with E-state index < -0.39 is 0 Å². The van der Waals surface area contributed by atoms with E-state index in [1.165, 1.54) is 0 Å². The van der Waals surface area contributed by atoms with Crippen LogP contribution in [0.3, 0.4) is 0 Å². The van der Waals surface area contributed by atoms with Gasteiger partial charge in [-0.1, -0.05) is 6.92 Å². The van der Waals surface area contributed by atoms with Gasteiger partial charge in [0.25, 0.3) is 0 Å². The summed E-state index contributed by atoms with van der Waals surface area (Å²) >= 11 is 0. The Bertz CT molecular complexity index is 87.1. The molecule has 1 rings (SSSR count). The third-order valence-corrected chi connectivity index (χ3v) is 1.86. The van der Waals surface area contributed by atoms with E-state index in [1.54, 1.807) is 0 Å². The second-order valence-electron chi connectivity index (χ2n) is 2.58. The van der Waals surface area contributed by atoms with Gasteiger partial charge in [-0.05, 0) is 6.54 Å². The quantitative estimate of drug-likeness (QED) is 0.479. The highest BCUT2D eigenvalue weighted by Crippen LogP contribution is 2.06. The van der Waals surface area contributed by atoms with Crippen molar-refractivity contribution in [2.45, 2.75) is 19.1 Å². The molecule has 0 unspecified atom stereocenters. The molecule has 0 saturated carbocycles. The molecule has 1 aliphatic rings. The summed E-state index contributed by atoms with van der Waals surface area (Å²) < 4.78 is 0. The first kappa shape index (κ1) is 6.99. The van der Waals surface area contributed by atoms with E-state index in [0.29, 0.717) is 0 Å². The molecular weight excluding hydrogens is 116 g/mol. The van der Waals surface area contributed by atoms with Crippen LogP contribution in [0.1, 0.15) is 6.92 Å². The molecule has 0 aliphatic carbocycles. The van der Waals surface area contributed by atoms with E-state index in [0.717, 1.165) is 19.6 Å². The minimum absolute atomic E-state index is 0.0232. The Hall–Kier alpha value is -0.120. The van der Waals surface area contributed by atoms with Gasteiger partial charge in [-0.2, -0.15) is 0 Å². The fraction of sp³-hybridized carbons (Fsp3) is 1.00. The molecule has 3 nitrogen and oxygen atoms in total. The molecule has 2 atom stereocenters. The Morgan fingerprint density at radius 2 is 2.33 bits per heavy atom. The van der Waals surface area contributed by atoms with Crippen molar-refractivity contribution in [3.05, 3.63) is 0 Å². The number of hydrogen-bond acceptors (Lipinski definition) is 3. The van der Waals surface area contributed by atoms with E-state index in [-0.39, 0.29) is 12.1 Å². The van der Waals surface area contributed by atoms with Crippen molar-refractivity contribution in [3.63, 3.8) is 0 Å². The first-order valence-corrected chi connectivity index (χ1v) is 3.40. The van der Waals surface area contributed by atoms with Crippen molar-refractivity contribution in [1.82, 2.24) is 4.90 Å². The van der Waals surface area contributed by atoms with Crippen LogP contribution in [0.15, 0.2) is 0 Å². The molecule has 3 heteroatoms. The zero-order chi connectivity index (χ0) is 6.85. The molecule has 1 heterocycles. The molecule has 0 radical (unpaired) electrons. The summed E-state index contributed by atoms with van der Waals surface area (Å²) in [5.74, 6) is 0. The molecule has 54 valence electrons. The lowest BCUT2D eigenvalue weighted by Crippen LogP contribution is -2.32. The fourth-order valence-corrected chi connectivity index (χ4v) is 1.15. The van der Waals surface area contributed by atoms with Gasteiger partial charge < -0.3 is 10.8 Å². The van der Waals surface area contributed by atoms with Gasteiger partial charge in [0, 0.05) is 19.1 Å². The van der Waals surface area contributed by atoms with Crippen LogP contribution in [0.25, 0.3) is 0 Å². The predicted molar refractivity (Wildman–Crippen MR) is 36.1 cm³/mol.